The quantitative estimate of drug-likeness (QED) is 0.668. The van der Waals surface area contributed by atoms with E-state index in [9.17, 15) is 9.90 Å². The summed E-state index contributed by atoms with van der Waals surface area (Å²) in [6, 6.07) is 14.7. The number of hydrogen-bond donors (Lipinski definition) is 3. The number of aliphatic hydroxyl groups is 1. The predicted molar refractivity (Wildman–Crippen MR) is 95.0 cm³/mol. The lowest BCUT2D eigenvalue weighted by Gasteiger charge is -2.14. The largest absolute Gasteiger partial charge is 0.387 e. The van der Waals surface area contributed by atoms with Gasteiger partial charge in [-0.2, -0.15) is 5.10 Å². The van der Waals surface area contributed by atoms with Crippen LogP contribution in [0.1, 0.15) is 33.4 Å². The van der Waals surface area contributed by atoms with Crippen molar-refractivity contribution in [3.8, 4) is 11.4 Å². The monoisotopic (exact) mass is 336 g/mol. The number of amides is 1. The van der Waals surface area contributed by atoms with Gasteiger partial charge in [-0.15, -0.1) is 0 Å². The molecule has 25 heavy (non-hydrogen) atoms. The molecule has 3 rings (SSSR count). The van der Waals surface area contributed by atoms with Crippen molar-refractivity contribution in [1.82, 2.24) is 20.5 Å². The molecule has 1 heterocycles. The lowest BCUT2D eigenvalue weighted by molar-refractivity contribution is 0.0916. The summed E-state index contributed by atoms with van der Waals surface area (Å²) in [5.41, 5.74) is 3.06. The molecular formula is C19H20N4O2. The van der Waals surface area contributed by atoms with Crippen LogP contribution in [0.3, 0.4) is 0 Å². The predicted octanol–water partition coefficient (Wildman–Crippen LogP) is 2.55. The Morgan fingerprint density at radius 3 is 2.72 bits per heavy atom. The van der Waals surface area contributed by atoms with E-state index in [1.807, 2.05) is 44.2 Å². The summed E-state index contributed by atoms with van der Waals surface area (Å²) < 4.78 is 0. The van der Waals surface area contributed by atoms with E-state index in [0.717, 1.165) is 16.7 Å². The second-order valence-corrected chi connectivity index (χ2v) is 5.91. The fraction of sp³-hybridized carbons (Fsp3) is 0.211. The number of carbonyl (C=O) groups excluding carboxylic acids is 1. The zero-order valence-corrected chi connectivity index (χ0v) is 14.2. The van der Waals surface area contributed by atoms with Crippen LogP contribution >= 0.6 is 0 Å². The molecule has 1 atom stereocenters. The zero-order chi connectivity index (χ0) is 17.8. The lowest BCUT2D eigenvalue weighted by Crippen LogP contribution is -2.28. The first-order valence-electron chi connectivity index (χ1n) is 8.06. The molecule has 0 saturated carbocycles. The number of nitrogens with zero attached hydrogens (tertiary/aromatic N) is 2. The summed E-state index contributed by atoms with van der Waals surface area (Å²) in [4.78, 5) is 16.6. The normalized spacial score (nSPS) is 12.0. The van der Waals surface area contributed by atoms with Crippen molar-refractivity contribution >= 4 is 5.91 Å². The number of hydrogen-bond acceptors (Lipinski definition) is 4. The maximum Gasteiger partial charge on any atom is 0.251 e. The third kappa shape index (κ3) is 3.92. The standard InChI is InChI=1S/C19H20N4O2/c1-12-6-3-4-9-16(12)17(24)11-20-19(25)15-8-5-7-14(10-15)18-21-13(2)22-23-18/h3-10,17,24H,11H2,1-2H3,(H,20,25)(H,21,22,23). The molecule has 0 aliphatic carbocycles. The van der Waals surface area contributed by atoms with Crippen LogP contribution in [0.5, 0.6) is 0 Å². The molecule has 0 bridgehead atoms. The van der Waals surface area contributed by atoms with E-state index < -0.39 is 6.10 Å². The maximum absolute atomic E-state index is 12.4. The second-order valence-electron chi connectivity index (χ2n) is 5.91. The third-order valence-electron chi connectivity index (χ3n) is 3.98. The van der Waals surface area contributed by atoms with Gasteiger partial charge in [-0.25, -0.2) is 4.98 Å². The fourth-order valence-electron chi connectivity index (χ4n) is 2.63. The first-order chi connectivity index (χ1) is 12.0. The average Bonchev–Trinajstić information content (AvgIpc) is 3.06. The smallest absolute Gasteiger partial charge is 0.251 e. The Kier molecular flexibility index (Phi) is 4.90. The minimum Gasteiger partial charge on any atom is -0.387 e. The van der Waals surface area contributed by atoms with Crippen LogP contribution in [0.25, 0.3) is 11.4 Å². The van der Waals surface area contributed by atoms with E-state index in [2.05, 4.69) is 20.5 Å². The SMILES string of the molecule is Cc1nc(-c2cccc(C(=O)NCC(O)c3ccccc3C)c2)n[nH]1. The van der Waals surface area contributed by atoms with Gasteiger partial charge in [-0.1, -0.05) is 36.4 Å². The Labute approximate surface area is 145 Å². The maximum atomic E-state index is 12.4. The van der Waals surface area contributed by atoms with Gasteiger partial charge in [0.1, 0.15) is 5.82 Å². The van der Waals surface area contributed by atoms with Crippen LogP contribution < -0.4 is 5.32 Å². The van der Waals surface area contributed by atoms with Gasteiger partial charge in [0.25, 0.3) is 5.91 Å². The van der Waals surface area contributed by atoms with Gasteiger partial charge in [0.2, 0.25) is 0 Å². The molecule has 6 nitrogen and oxygen atoms in total. The van der Waals surface area contributed by atoms with Gasteiger partial charge >= 0.3 is 0 Å². The molecule has 3 aromatic rings. The van der Waals surface area contributed by atoms with Gasteiger partial charge in [-0.05, 0) is 37.1 Å². The van der Waals surface area contributed by atoms with Crippen LogP contribution in [0.2, 0.25) is 0 Å². The second kappa shape index (κ2) is 7.27. The molecule has 0 aliphatic rings. The molecule has 0 radical (unpaired) electrons. The molecular weight excluding hydrogens is 316 g/mol. The number of nitrogens with one attached hydrogen (secondary N) is 2. The van der Waals surface area contributed by atoms with Gasteiger partial charge in [0, 0.05) is 17.7 Å². The Hall–Kier alpha value is -2.99. The summed E-state index contributed by atoms with van der Waals surface area (Å²) in [5, 5.41) is 20.0. The van der Waals surface area contributed by atoms with Gasteiger partial charge in [0.05, 0.1) is 6.10 Å². The molecule has 1 unspecified atom stereocenters. The Morgan fingerprint density at radius 1 is 1.20 bits per heavy atom. The number of aliphatic hydroxyl groups excluding tert-OH is 1. The number of benzene rings is 2. The van der Waals surface area contributed by atoms with Crippen molar-refractivity contribution in [2.45, 2.75) is 20.0 Å². The summed E-state index contributed by atoms with van der Waals surface area (Å²) in [5.74, 6) is 1.01. The van der Waals surface area contributed by atoms with E-state index in [0.29, 0.717) is 17.2 Å². The number of aryl methyl sites for hydroxylation is 2. The molecule has 6 heteroatoms. The minimum absolute atomic E-state index is 0.147. The Balaban J connectivity index is 1.68. The minimum atomic E-state index is -0.746. The van der Waals surface area contributed by atoms with Crippen molar-refractivity contribution < 1.29 is 9.90 Å². The van der Waals surface area contributed by atoms with Crippen LogP contribution in [-0.4, -0.2) is 32.7 Å². The van der Waals surface area contributed by atoms with Crippen molar-refractivity contribution in [3.05, 3.63) is 71.0 Å². The molecule has 0 fully saturated rings. The van der Waals surface area contributed by atoms with Crippen molar-refractivity contribution in [3.63, 3.8) is 0 Å². The van der Waals surface area contributed by atoms with Gasteiger partial charge in [0.15, 0.2) is 5.82 Å². The van der Waals surface area contributed by atoms with Crippen LogP contribution in [0.15, 0.2) is 48.5 Å². The number of rotatable bonds is 5. The summed E-state index contributed by atoms with van der Waals surface area (Å²) in [7, 11) is 0. The zero-order valence-electron chi connectivity index (χ0n) is 14.2. The number of H-pyrrole nitrogens is 1. The van der Waals surface area contributed by atoms with E-state index in [1.54, 1.807) is 18.2 Å². The highest BCUT2D eigenvalue weighted by Crippen LogP contribution is 2.18. The molecule has 3 N–H and O–H groups in total. The first kappa shape index (κ1) is 16.9. The van der Waals surface area contributed by atoms with Gasteiger partial charge in [-0.3, -0.25) is 9.89 Å². The lowest BCUT2D eigenvalue weighted by atomic mass is 10.0. The number of aromatic nitrogens is 3. The average molecular weight is 336 g/mol. The van der Waals surface area contributed by atoms with Crippen molar-refractivity contribution in [2.75, 3.05) is 6.54 Å². The molecule has 0 aliphatic heterocycles. The molecule has 1 amide bonds. The number of aromatic amines is 1. The fourth-order valence-corrected chi connectivity index (χ4v) is 2.63. The van der Waals surface area contributed by atoms with Crippen molar-refractivity contribution in [2.24, 2.45) is 0 Å². The summed E-state index contributed by atoms with van der Waals surface area (Å²) >= 11 is 0. The van der Waals surface area contributed by atoms with Crippen LogP contribution in [0.4, 0.5) is 0 Å². The van der Waals surface area contributed by atoms with E-state index in [1.165, 1.54) is 0 Å². The van der Waals surface area contributed by atoms with E-state index in [4.69, 9.17) is 0 Å². The Bertz CT molecular complexity index is 888. The number of carbonyl (C=O) groups is 1. The Morgan fingerprint density at radius 2 is 2.00 bits per heavy atom. The molecule has 0 saturated heterocycles. The van der Waals surface area contributed by atoms with Crippen LogP contribution in [-0.2, 0) is 0 Å². The van der Waals surface area contributed by atoms with E-state index >= 15 is 0 Å². The highest BCUT2D eigenvalue weighted by molar-refractivity contribution is 5.95. The van der Waals surface area contributed by atoms with Crippen LogP contribution in [0, 0.1) is 13.8 Å². The topological polar surface area (TPSA) is 90.9 Å². The molecule has 128 valence electrons. The highest BCUT2D eigenvalue weighted by Gasteiger charge is 2.13. The first-order valence-corrected chi connectivity index (χ1v) is 8.06. The van der Waals surface area contributed by atoms with E-state index in [-0.39, 0.29) is 12.5 Å². The highest BCUT2D eigenvalue weighted by atomic mass is 16.3. The van der Waals surface area contributed by atoms with Crippen molar-refractivity contribution in [1.29, 1.82) is 0 Å². The van der Waals surface area contributed by atoms with Gasteiger partial charge < -0.3 is 10.4 Å². The molecule has 0 spiro atoms. The summed E-state index contributed by atoms with van der Waals surface area (Å²) in [6.45, 7) is 3.90. The molecule has 2 aromatic carbocycles. The summed E-state index contributed by atoms with van der Waals surface area (Å²) in [6.07, 6.45) is -0.746. The molecule has 1 aromatic heterocycles. The third-order valence-corrected chi connectivity index (χ3v) is 3.98.